The molecule has 3 rings (SSSR count). The topological polar surface area (TPSA) is 42.2 Å². The van der Waals surface area contributed by atoms with Gasteiger partial charge in [-0.15, -0.1) is 0 Å². The summed E-state index contributed by atoms with van der Waals surface area (Å²) in [6.45, 7) is 3.79. The fourth-order valence-corrected chi connectivity index (χ4v) is 4.05. The first-order valence-electron chi connectivity index (χ1n) is 7.55. The maximum atomic E-state index is 5.70. The molecule has 0 aliphatic heterocycles. The molecule has 104 valence electrons. The summed E-state index contributed by atoms with van der Waals surface area (Å²) in [4.78, 5) is 7.03. The Morgan fingerprint density at radius 1 is 1.32 bits per heavy atom. The molecule has 0 spiro atoms. The molecule has 3 unspecified atom stereocenters. The van der Waals surface area contributed by atoms with Gasteiger partial charge in [-0.3, -0.25) is 0 Å². The zero-order valence-corrected chi connectivity index (χ0v) is 12.1. The predicted molar refractivity (Wildman–Crippen MR) is 79.1 cm³/mol. The van der Waals surface area contributed by atoms with Gasteiger partial charge in [-0.2, -0.15) is 0 Å². The van der Waals surface area contributed by atoms with Gasteiger partial charge in [-0.05, 0) is 55.6 Å². The average molecular weight is 259 g/mol. The van der Waals surface area contributed by atoms with Gasteiger partial charge in [0.2, 0.25) is 0 Å². The van der Waals surface area contributed by atoms with Gasteiger partial charge in [-0.1, -0.05) is 12.5 Å². The zero-order chi connectivity index (χ0) is 13.4. The van der Waals surface area contributed by atoms with E-state index in [1.807, 2.05) is 0 Å². The molecule has 3 atom stereocenters. The highest BCUT2D eigenvalue weighted by Crippen LogP contribution is 2.48. The molecule has 2 fully saturated rings. The van der Waals surface area contributed by atoms with Gasteiger partial charge in [-0.25, -0.2) is 4.98 Å². The van der Waals surface area contributed by atoms with E-state index in [2.05, 4.69) is 31.0 Å². The van der Waals surface area contributed by atoms with E-state index < -0.39 is 0 Å². The largest absolute Gasteiger partial charge is 0.359 e. The van der Waals surface area contributed by atoms with Gasteiger partial charge in [0, 0.05) is 25.8 Å². The second kappa shape index (κ2) is 5.12. The monoisotopic (exact) mass is 259 g/mol. The van der Waals surface area contributed by atoms with Crippen LogP contribution in [0.25, 0.3) is 0 Å². The van der Waals surface area contributed by atoms with E-state index in [4.69, 9.17) is 10.7 Å². The van der Waals surface area contributed by atoms with Crippen molar-refractivity contribution in [1.82, 2.24) is 4.98 Å². The molecule has 2 N–H and O–H groups in total. The second-order valence-corrected chi connectivity index (χ2v) is 6.43. The van der Waals surface area contributed by atoms with Crippen molar-refractivity contribution in [3.05, 3.63) is 23.4 Å². The van der Waals surface area contributed by atoms with Crippen LogP contribution in [0.4, 0.5) is 5.82 Å². The van der Waals surface area contributed by atoms with E-state index in [0.717, 1.165) is 41.4 Å². The zero-order valence-electron chi connectivity index (χ0n) is 12.1. The number of nitrogens with two attached hydrogens (primary N) is 1. The quantitative estimate of drug-likeness (QED) is 0.904. The van der Waals surface area contributed by atoms with Crippen LogP contribution in [0.1, 0.15) is 36.9 Å². The molecular weight excluding hydrogens is 234 g/mol. The minimum absolute atomic E-state index is 0.579. The Hall–Kier alpha value is -1.09. The number of hydrogen-bond acceptors (Lipinski definition) is 3. The number of aromatic nitrogens is 1. The fraction of sp³-hybridized carbons (Fsp3) is 0.688. The van der Waals surface area contributed by atoms with Crippen LogP contribution in [-0.2, 0) is 6.54 Å². The lowest BCUT2D eigenvalue weighted by atomic mass is 9.88. The number of rotatable bonds is 4. The van der Waals surface area contributed by atoms with Gasteiger partial charge >= 0.3 is 0 Å². The number of pyridine rings is 1. The molecule has 2 saturated carbocycles. The van der Waals surface area contributed by atoms with Crippen molar-refractivity contribution < 1.29 is 0 Å². The molecule has 1 aromatic heterocycles. The molecule has 0 aromatic carbocycles. The summed E-state index contributed by atoms with van der Waals surface area (Å²) < 4.78 is 0. The smallest absolute Gasteiger partial charge is 0.128 e. The fourth-order valence-electron chi connectivity index (χ4n) is 4.05. The van der Waals surface area contributed by atoms with E-state index in [1.165, 1.54) is 25.7 Å². The lowest BCUT2D eigenvalue weighted by molar-refractivity contribution is 0.337. The average Bonchev–Trinajstić information content (AvgIpc) is 3.00. The first kappa shape index (κ1) is 12.9. The van der Waals surface area contributed by atoms with Crippen LogP contribution in [0.2, 0.25) is 0 Å². The van der Waals surface area contributed by atoms with Gasteiger partial charge in [0.1, 0.15) is 5.82 Å². The summed E-state index contributed by atoms with van der Waals surface area (Å²) in [5.41, 5.74) is 7.92. The van der Waals surface area contributed by atoms with Crippen LogP contribution in [-0.4, -0.2) is 18.6 Å². The van der Waals surface area contributed by atoms with Crippen molar-refractivity contribution in [2.24, 2.45) is 23.5 Å². The molecule has 3 heteroatoms. The number of fused-ring (bicyclic) bond motifs is 2. The maximum absolute atomic E-state index is 5.70. The van der Waals surface area contributed by atoms with Crippen molar-refractivity contribution in [1.29, 1.82) is 0 Å². The van der Waals surface area contributed by atoms with Gasteiger partial charge in [0.25, 0.3) is 0 Å². The molecule has 2 aliphatic carbocycles. The van der Waals surface area contributed by atoms with Gasteiger partial charge in [0.15, 0.2) is 0 Å². The van der Waals surface area contributed by atoms with Crippen molar-refractivity contribution in [3.8, 4) is 0 Å². The highest BCUT2D eigenvalue weighted by Gasteiger charge is 2.39. The predicted octanol–water partition coefficient (Wildman–Crippen LogP) is 2.72. The highest BCUT2D eigenvalue weighted by atomic mass is 15.2. The molecular formula is C16H25N3. The molecule has 2 bridgehead atoms. The third kappa shape index (κ3) is 2.48. The van der Waals surface area contributed by atoms with Crippen molar-refractivity contribution in [2.75, 3.05) is 18.5 Å². The molecule has 0 saturated heterocycles. The van der Waals surface area contributed by atoms with Crippen molar-refractivity contribution in [3.63, 3.8) is 0 Å². The molecule has 2 aliphatic rings. The molecule has 0 radical (unpaired) electrons. The van der Waals surface area contributed by atoms with E-state index in [1.54, 1.807) is 0 Å². The third-order valence-corrected chi connectivity index (χ3v) is 5.18. The number of aryl methyl sites for hydroxylation is 1. The Morgan fingerprint density at radius 3 is 2.74 bits per heavy atom. The molecule has 19 heavy (non-hydrogen) atoms. The van der Waals surface area contributed by atoms with E-state index in [-0.39, 0.29) is 0 Å². The summed E-state index contributed by atoms with van der Waals surface area (Å²) in [7, 11) is 2.18. The maximum Gasteiger partial charge on any atom is 0.128 e. The summed E-state index contributed by atoms with van der Waals surface area (Å²) in [5, 5.41) is 0. The summed E-state index contributed by atoms with van der Waals surface area (Å²) in [6, 6.07) is 4.23. The lowest BCUT2D eigenvalue weighted by Gasteiger charge is -2.28. The van der Waals surface area contributed by atoms with Gasteiger partial charge < -0.3 is 10.6 Å². The van der Waals surface area contributed by atoms with Crippen LogP contribution in [0.3, 0.4) is 0 Å². The molecule has 0 amide bonds. The van der Waals surface area contributed by atoms with Crippen LogP contribution in [0.15, 0.2) is 12.1 Å². The van der Waals surface area contributed by atoms with Crippen molar-refractivity contribution in [2.45, 2.75) is 39.2 Å². The first-order chi connectivity index (χ1) is 9.17. The Morgan fingerprint density at radius 2 is 2.16 bits per heavy atom. The Kier molecular flexibility index (Phi) is 3.48. The number of nitrogens with zero attached hydrogens (tertiary/aromatic N) is 2. The molecule has 3 nitrogen and oxygen atoms in total. The first-order valence-corrected chi connectivity index (χ1v) is 7.55. The van der Waals surface area contributed by atoms with Crippen LogP contribution in [0.5, 0.6) is 0 Å². The van der Waals surface area contributed by atoms with Crippen molar-refractivity contribution >= 4 is 5.82 Å². The van der Waals surface area contributed by atoms with Crippen LogP contribution >= 0.6 is 0 Å². The summed E-state index contributed by atoms with van der Waals surface area (Å²) in [5.74, 6) is 3.99. The summed E-state index contributed by atoms with van der Waals surface area (Å²) >= 11 is 0. The second-order valence-electron chi connectivity index (χ2n) is 6.43. The Balaban J connectivity index is 1.67. The van der Waals surface area contributed by atoms with Crippen LogP contribution < -0.4 is 10.6 Å². The highest BCUT2D eigenvalue weighted by molar-refractivity contribution is 5.41. The normalized spacial score (nSPS) is 28.9. The lowest BCUT2D eigenvalue weighted by Crippen LogP contribution is -2.29. The van der Waals surface area contributed by atoms with E-state index >= 15 is 0 Å². The standard InChI is InChI=1S/C16H25N3/c1-11-14(9-17)5-6-16(18-11)19(2)10-15-8-12-3-4-13(15)7-12/h5-6,12-13,15H,3-4,7-10,17H2,1-2H3. The van der Waals surface area contributed by atoms with Crippen LogP contribution in [0, 0.1) is 24.7 Å². The number of hydrogen-bond donors (Lipinski definition) is 1. The minimum atomic E-state index is 0.579. The van der Waals surface area contributed by atoms with Gasteiger partial charge in [0.05, 0.1) is 0 Å². The van der Waals surface area contributed by atoms with E-state index in [0.29, 0.717) is 6.54 Å². The Bertz CT molecular complexity index is 457. The Labute approximate surface area is 116 Å². The summed E-state index contributed by atoms with van der Waals surface area (Å²) in [6.07, 6.45) is 5.86. The molecule has 1 heterocycles. The SMILES string of the molecule is Cc1nc(N(C)CC2CC3CCC2C3)ccc1CN. The third-order valence-electron chi connectivity index (χ3n) is 5.18. The molecule has 1 aromatic rings. The number of anilines is 1. The minimum Gasteiger partial charge on any atom is -0.359 e. The van der Waals surface area contributed by atoms with E-state index in [9.17, 15) is 0 Å².